The molecule has 4 nitrogen and oxygen atoms in total. The molecular formula is C13H14N2O2. The van der Waals surface area contributed by atoms with E-state index in [0.717, 1.165) is 6.42 Å². The van der Waals surface area contributed by atoms with Crippen LogP contribution in [0.15, 0.2) is 24.5 Å². The van der Waals surface area contributed by atoms with Crippen LogP contribution in [0.4, 0.5) is 0 Å². The summed E-state index contributed by atoms with van der Waals surface area (Å²) in [5.74, 6) is -0.947. The zero-order valence-corrected chi connectivity index (χ0v) is 9.72. The van der Waals surface area contributed by atoms with E-state index in [9.17, 15) is 10.1 Å². The van der Waals surface area contributed by atoms with Crippen molar-refractivity contribution >= 4 is 5.78 Å². The average molecular weight is 230 g/mol. The predicted molar refractivity (Wildman–Crippen MR) is 61.2 cm³/mol. The molecule has 2 heterocycles. The normalized spacial score (nSPS) is 25.2. The SMILES string of the molecule is CC1(C(=O)C(C#N)c2cccnc2)CCCO1. The number of pyridine rings is 1. The van der Waals surface area contributed by atoms with Crippen LogP contribution in [0.2, 0.25) is 0 Å². The fourth-order valence-corrected chi connectivity index (χ4v) is 2.11. The number of Topliss-reactive ketones (excluding diaryl/α,β-unsaturated/α-hetero) is 1. The van der Waals surface area contributed by atoms with Gasteiger partial charge >= 0.3 is 0 Å². The molecule has 4 heteroatoms. The standard InChI is InChI=1S/C13H14N2O2/c1-13(5-3-7-17-13)12(16)11(8-14)10-4-2-6-15-9-10/h2,4,6,9,11H,3,5,7H2,1H3. The molecule has 1 aromatic rings. The van der Waals surface area contributed by atoms with E-state index in [2.05, 4.69) is 11.1 Å². The predicted octanol–water partition coefficient (Wildman–Crippen LogP) is 1.83. The summed E-state index contributed by atoms with van der Waals surface area (Å²) in [6.07, 6.45) is 4.73. The van der Waals surface area contributed by atoms with Crippen LogP contribution in [-0.2, 0) is 9.53 Å². The van der Waals surface area contributed by atoms with Gasteiger partial charge in [0.05, 0.1) is 6.07 Å². The second kappa shape index (κ2) is 4.64. The number of carbonyl (C=O) groups excluding carboxylic acids is 1. The number of aromatic nitrogens is 1. The third kappa shape index (κ3) is 2.20. The minimum Gasteiger partial charge on any atom is -0.367 e. The van der Waals surface area contributed by atoms with Crippen LogP contribution < -0.4 is 0 Å². The van der Waals surface area contributed by atoms with Gasteiger partial charge in [0.2, 0.25) is 0 Å². The number of hydrogen-bond donors (Lipinski definition) is 0. The molecule has 0 saturated carbocycles. The van der Waals surface area contributed by atoms with Crippen LogP contribution in [0.25, 0.3) is 0 Å². The van der Waals surface area contributed by atoms with Crippen LogP contribution in [-0.4, -0.2) is 23.0 Å². The molecular weight excluding hydrogens is 216 g/mol. The minimum absolute atomic E-state index is 0.162. The van der Waals surface area contributed by atoms with Gasteiger partial charge in [-0.2, -0.15) is 5.26 Å². The number of nitriles is 1. The highest BCUT2D eigenvalue weighted by Crippen LogP contribution is 2.31. The molecule has 1 aliphatic rings. The molecule has 2 atom stereocenters. The number of nitrogens with zero attached hydrogens (tertiary/aromatic N) is 2. The number of ketones is 1. The zero-order valence-electron chi connectivity index (χ0n) is 9.72. The highest BCUT2D eigenvalue weighted by molar-refractivity contribution is 5.95. The van der Waals surface area contributed by atoms with Crippen molar-refractivity contribution in [3.8, 4) is 6.07 Å². The molecule has 0 N–H and O–H groups in total. The van der Waals surface area contributed by atoms with Crippen molar-refractivity contribution in [2.75, 3.05) is 6.61 Å². The van der Waals surface area contributed by atoms with Crippen molar-refractivity contribution in [1.82, 2.24) is 4.98 Å². The molecule has 2 rings (SSSR count). The Morgan fingerprint density at radius 3 is 3.06 bits per heavy atom. The maximum absolute atomic E-state index is 12.3. The summed E-state index contributed by atoms with van der Waals surface area (Å²) in [5, 5.41) is 9.17. The van der Waals surface area contributed by atoms with Crippen molar-refractivity contribution < 1.29 is 9.53 Å². The Morgan fingerprint density at radius 2 is 2.53 bits per heavy atom. The van der Waals surface area contributed by atoms with Crippen molar-refractivity contribution in [3.05, 3.63) is 30.1 Å². The molecule has 0 aliphatic carbocycles. The first-order valence-corrected chi connectivity index (χ1v) is 5.65. The van der Waals surface area contributed by atoms with Gasteiger partial charge in [-0.25, -0.2) is 0 Å². The fourth-order valence-electron chi connectivity index (χ4n) is 2.11. The lowest BCUT2D eigenvalue weighted by atomic mass is 9.85. The largest absolute Gasteiger partial charge is 0.367 e. The van der Waals surface area contributed by atoms with Crippen molar-refractivity contribution in [2.45, 2.75) is 31.3 Å². The van der Waals surface area contributed by atoms with Crippen molar-refractivity contribution in [2.24, 2.45) is 0 Å². The molecule has 0 bridgehead atoms. The van der Waals surface area contributed by atoms with Gasteiger partial charge in [-0.05, 0) is 31.4 Å². The summed E-state index contributed by atoms with van der Waals surface area (Å²) < 4.78 is 5.49. The van der Waals surface area contributed by atoms with E-state index in [1.54, 1.807) is 31.5 Å². The monoisotopic (exact) mass is 230 g/mol. The second-order valence-electron chi connectivity index (χ2n) is 4.40. The Bertz CT molecular complexity index is 444. The van der Waals surface area contributed by atoms with E-state index < -0.39 is 11.5 Å². The first kappa shape index (κ1) is 11.7. The Hall–Kier alpha value is -1.73. The van der Waals surface area contributed by atoms with Gasteiger partial charge in [0.25, 0.3) is 0 Å². The molecule has 0 spiro atoms. The number of rotatable bonds is 3. The molecule has 1 fully saturated rings. The zero-order chi connectivity index (χ0) is 12.3. The first-order valence-electron chi connectivity index (χ1n) is 5.65. The number of carbonyl (C=O) groups is 1. The lowest BCUT2D eigenvalue weighted by Gasteiger charge is -2.23. The molecule has 0 amide bonds. The van der Waals surface area contributed by atoms with E-state index in [0.29, 0.717) is 18.6 Å². The number of ether oxygens (including phenoxy) is 1. The summed E-state index contributed by atoms with van der Waals surface area (Å²) in [7, 11) is 0. The quantitative estimate of drug-likeness (QED) is 0.794. The van der Waals surface area contributed by atoms with E-state index in [4.69, 9.17) is 4.74 Å². The van der Waals surface area contributed by atoms with Crippen molar-refractivity contribution in [3.63, 3.8) is 0 Å². The topological polar surface area (TPSA) is 63.0 Å². The van der Waals surface area contributed by atoms with Crippen LogP contribution in [0.1, 0.15) is 31.2 Å². The number of hydrogen-bond acceptors (Lipinski definition) is 4. The lowest BCUT2D eigenvalue weighted by molar-refractivity contribution is -0.137. The van der Waals surface area contributed by atoms with E-state index in [1.165, 1.54) is 0 Å². The van der Waals surface area contributed by atoms with E-state index in [1.807, 2.05) is 0 Å². The molecule has 0 aromatic carbocycles. The molecule has 17 heavy (non-hydrogen) atoms. The highest BCUT2D eigenvalue weighted by Gasteiger charge is 2.42. The van der Waals surface area contributed by atoms with Crippen LogP contribution in [0.5, 0.6) is 0 Å². The Kier molecular flexibility index (Phi) is 3.21. The summed E-state index contributed by atoms with van der Waals surface area (Å²) in [6, 6.07) is 5.52. The Balaban J connectivity index is 2.26. The van der Waals surface area contributed by atoms with Gasteiger partial charge in [-0.1, -0.05) is 6.07 Å². The molecule has 1 saturated heterocycles. The van der Waals surface area contributed by atoms with Gasteiger partial charge in [0, 0.05) is 19.0 Å². The lowest BCUT2D eigenvalue weighted by Crippen LogP contribution is -2.38. The van der Waals surface area contributed by atoms with Gasteiger partial charge < -0.3 is 4.74 Å². The third-order valence-electron chi connectivity index (χ3n) is 3.15. The first-order chi connectivity index (χ1) is 8.17. The molecule has 2 unspecified atom stereocenters. The summed E-state index contributed by atoms with van der Waals surface area (Å²) in [6.45, 7) is 2.36. The Labute approximate surface area is 100 Å². The minimum atomic E-state index is -0.809. The summed E-state index contributed by atoms with van der Waals surface area (Å²) in [5.41, 5.74) is -0.173. The van der Waals surface area contributed by atoms with Gasteiger partial charge in [-0.15, -0.1) is 0 Å². The van der Waals surface area contributed by atoms with E-state index in [-0.39, 0.29) is 5.78 Å². The van der Waals surface area contributed by atoms with E-state index >= 15 is 0 Å². The van der Waals surface area contributed by atoms with Crippen LogP contribution in [0.3, 0.4) is 0 Å². The van der Waals surface area contributed by atoms with Gasteiger partial charge in [0.1, 0.15) is 11.5 Å². The average Bonchev–Trinajstić information content (AvgIpc) is 2.80. The van der Waals surface area contributed by atoms with Gasteiger partial charge in [0.15, 0.2) is 5.78 Å². The molecule has 1 aromatic heterocycles. The van der Waals surface area contributed by atoms with Crippen LogP contribution in [0, 0.1) is 11.3 Å². The summed E-state index contributed by atoms with van der Waals surface area (Å²) in [4.78, 5) is 16.3. The van der Waals surface area contributed by atoms with Gasteiger partial charge in [-0.3, -0.25) is 9.78 Å². The molecule has 88 valence electrons. The smallest absolute Gasteiger partial charge is 0.185 e. The van der Waals surface area contributed by atoms with Crippen LogP contribution >= 0.6 is 0 Å². The molecule has 0 radical (unpaired) electrons. The molecule has 1 aliphatic heterocycles. The highest BCUT2D eigenvalue weighted by atomic mass is 16.5. The maximum Gasteiger partial charge on any atom is 0.185 e. The summed E-state index contributed by atoms with van der Waals surface area (Å²) >= 11 is 0. The van der Waals surface area contributed by atoms with Crippen molar-refractivity contribution in [1.29, 1.82) is 5.26 Å². The second-order valence-corrected chi connectivity index (χ2v) is 4.40. The third-order valence-corrected chi connectivity index (χ3v) is 3.15. The Morgan fingerprint density at radius 1 is 1.71 bits per heavy atom. The fraction of sp³-hybridized carbons (Fsp3) is 0.462. The maximum atomic E-state index is 12.3.